The monoisotopic (exact) mass is 588 g/mol. The molecule has 0 spiro atoms. The van der Waals surface area contributed by atoms with E-state index in [1.165, 1.54) is 19.2 Å². The number of nitrogens with zero attached hydrogens (tertiary/aromatic N) is 3. The van der Waals surface area contributed by atoms with Crippen molar-refractivity contribution in [2.24, 2.45) is 23.2 Å². The number of carbonyl (C=O) groups excluding carboxylic acids is 2. The first kappa shape index (κ1) is 25.0. The van der Waals surface area contributed by atoms with Crippen LogP contribution in [-0.2, 0) is 19.8 Å². The van der Waals surface area contributed by atoms with Gasteiger partial charge in [-0.1, -0.05) is 16.0 Å². The molecule has 2 amide bonds. The van der Waals surface area contributed by atoms with E-state index < -0.39 is 33.3 Å². The molecule has 1 aliphatic heterocycles. The van der Waals surface area contributed by atoms with Crippen molar-refractivity contribution in [2.45, 2.75) is 52.4 Å². The van der Waals surface area contributed by atoms with Crippen molar-refractivity contribution in [2.75, 3.05) is 10.8 Å². The van der Waals surface area contributed by atoms with Gasteiger partial charge < -0.3 is 0 Å². The molecule has 0 saturated heterocycles. The highest BCUT2D eigenvalue weighted by Crippen LogP contribution is 2.60. The van der Waals surface area contributed by atoms with Crippen LogP contribution < -0.4 is 9.73 Å². The lowest BCUT2D eigenvalue weighted by Gasteiger charge is -2.56. The lowest BCUT2D eigenvalue weighted by molar-refractivity contribution is -0.176. The molecule has 190 valence electrons. The molecule has 1 aromatic carbocycles. The average molecular weight is 590 g/mol. The summed E-state index contributed by atoms with van der Waals surface area (Å²) in [7, 11) is -4.50. The zero-order chi connectivity index (χ0) is 25.3. The maximum absolute atomic E-state index is 14.9. The molecule has 0 radical (unpaired) electrons. The summed E-state index contributed by atoms with van der Waals surface area (Å²) in [5, 5.41) is 0.970. The predicted octanol–water partition coefficient (Wildman–Crippen LogP) is 4.52. The summed E-state index contributed by atoms with van der Waals surface area (Å²) in [6, 6.07) is 2.41. The van der Waals surface area contributed by atoms with Gasteiger partial charge in [-0.05, 0) is 96.8 Å². The first-order chi connectivity index (χ1) is 16.4. The van der Waals surface area contributed by atoms with Gasteiger partial charge in [-0.15, -0.1) is 0 Å². The number of nitrogens with one attached hydrogen (secondary N) is 1. The molecule has 5 aliphatic rings. The van der Waals surface area contributed by atoms with Gasteiger partial charge in [-0.25, -0.2) is 14.1 Å². The van der Waals surface area contributed by atoms with Gasteiger partial charge in [0.2, 0.25) is 5.91 Å². The predicted molar refractivity (Wildman–Crippen MR) is 132 cm³/mol. The number of amides is 2. The second-order valence-electron chi connectivity index (χ2n) is 10.5. The average Bonchev–Trinajstić information content (AvgIpc) is 2.72. The summed E-state index contributed by atoms with van der Waals surface area (Å²) < 4.78 is 44.4. The van der Waals surface area contributed by atoms with Crippen LogP contribution in [0.4, 0.5) is 10.1 Å². The topological polar surface area (TPSA) is 90.0 Å². The first-order valence-corrected chi connectivity index (χ1v) is 14.2. The van der Waals surface area contributed by atoms with Crippen molar-refractivity contribution in [3.8, 4) is 0 Å². The molecule has 4 bridgehead atoms. The van der Waals surface area contributed by atoms with E-state index in [-0.39, 0.29) is 21.7 Å². The Labute approximate surface area is 217 Å². The van der Waals surface area contributed by atoms with E-state index >= 15 is 0 Å². The van der Waals surface area contributed by atoms with Crippen LogP contribution in [0.25, 0.3) is 0 Å². The zero-order valence-electron chi connectivity index (χ0n) is 19.4. The Bertz CT molecular complexity index is 1180. The molecule has 12 heteroatoms. The number of anilines is 1. The summed E-state index contributed by atoms with van der Waals surface area (Å²) in [6.45, 7) is 2.74. The number of carbonyl (C=O) groups is 2. The molecule has 35 heavy (non-hydrogen) atoms. The smallest absolute Gasteiger partial charge is 0.274 e. The normalized spacial score (nSPS) is 31.3. The summed E-state index contributed by atoms with van der Waals surface area (Å²) >= 11 is 9.14. The van der Waals surface area contributed by atoms with Crippen LogP contribution in [0.2, 0.25) is 5.02 Å². The van der Waals surface area contributed by atoms with Crippen LogP contribution in [-0.4, -0.2) is 36.3 Å². The van der Waals surface area contributed by atoms with Crippen LogP contribution in [0.5, 0.6) is 0 Å². The largest absolute Gasteiger partial charge is 0.327 e. The highest BCUT2D eigenvalue weighted by atomic mass is 79.9. The maximum Gasteiger partial charge on any atom is 0.327 e. The third-order valence-electron chi connectivity index (χ3n) is 7.61. The molecule has 6 rings (SSSR count). The molecular weight excluding hydrogens is 563 g/mol. The van der Waals surface area contributed by atoms with E-state index in [0.29, 0.717) is 42.6 Å². The van der Waals surface area contributed by atoms with E-state index in [1.807, 2.05) is 0 Å². The van der Waals surface area contributed by atoms with Crippen LogP contribution in [0.3, 0.4) is 0 Å². The van der Waals surface area contributed by atoms with Gasteiger partial charge in [0.1, 0.15) is 5.69 Å². The van der Waals surface area contributed by atoms with Crippen molar-refractivity contribution in [1.82, 2.24) is 15.0 Å². The minimum absolute atomic E-state index is 0.0990. The molecule has 0 aromatic heterocycles. The number of hydrogen-bond donors (Lipinski definition) is 1. The number of hydrogen-bond acceptors (Lipinski definition) is 4. The Balaban J connectivity index is 1.56. The van der Waals surface area contributed by atoms with Crippen molar-refractivity contribution >= 4 is 55.2 Å². The number of halogens is 3. The molecule has 1 aromatic rings. The van der Waals surface area contributed by atoms with Gasteiger partial charge in [0.25, 0.3) is 5.91 Å². The molecule has 1 heterocycles. The van der Waals surface area contributed by atoms with Crippen LogP contribution in [0.1, 0.15) is 52.4 Å². The van der Waals surface area contributed by atoms with Gasteiger partial charge in [-0.3, -0.25) is 9.59 Å². The Hall–Kier alpha value is -1.69. The Morgan fingerprint density at radius 1 is 1.17 bits per heavy atom. The molecule has 0 unspecified atom stereocenters. The Morgan fingerprint density at radius 3 is 2.26 bits per heavy atom. The van der Waals surface area contributed by atoms with E-state index in [0.717, 1.165) is 39.2 Å². The zero-order valence-corrected chi connectivity index (χ0v) is 22.6. The Kier molecular flexibility index (Phi) is 6.22. The molecule has 1 N–H and O–H groups in total. The third kappa shape index (κ3) is 4.28. The highest BCUT2D eigenvalue weighted by molar-refractivity contribution is 9.10. The second-order valence-corrected chi connectivity index (χ2v) is 13.5. The summed E-state index contributed by atoms with van der Waals surface area (Å²) in [4.78, 5) is 26.3. The fourth-order valence-corrected chi connectivity index (χ4v) is 9.46. The maximum atomic E-state index is 14.9. The minimum Gasteiger partial charge on any atom is -0.274 e. The van der Waals surface area contributed by atoms with Crippen LogP contribution in [0.15, 0.2) is 28.4 Å². The fraction of sp³-hybridized carbons (Fsp3) is 0.565. The van der Waals surface area contributed by atoms with E-state index in [1.54, 1.807) is 6.92 Å². The van der Waals surface area contributed by atoms with Crippen LogP contribution >= 0.6 is 27.5 Å². The SMILES string of the molecule is CC(=O)NN(C(=O)C12CC3CC(CC(C3)C1)C2)N1CC(C)=CN(c2c(F)cc(Cl)cc2Br)S1(=O)=O. The van der Waals surface area contributed by atoms with E-state index in [9.17, 15) is 22.4 Å². The van der Waals surface area contributed by atoms with Gasteiger partial charge in [-0.2, -0.15) is 13.5 Å². The standard InChI is InChI=1S/C23H27BrClFN4O4S/c1-13-11-28(21-19(24)6-18(25)7-20(21)26)35(33,34)29(12-13)30(27-14(2)31)22(32)23-8-15-3-16(9-23)5-17(4-15)10-23/h6-7,11,15-17H,3-5,8-10,12H2,1-2H3,(H,27,31). The lowest BCUT2D eigenvalue weighted by atomic mass is 9.49. The molecule has 4 fully saturated rings. The number of benzene rings is 1. The summed E-state index contributed by atoms with van der Waals surface area (Å²) in [6.07, 6.45) is 6.70. The van der Waals surface area contributed by atoms with Crippen molar-refractivity contribution < 1.29 is 22.4 Å². The third-order valence-corrected chi connectivity index (χ3v) is 10.0. The fourth-order valence-electron chi connectivity index (χ4n) is 6.76. The van der Waals surface area contributed by atoms with Gasteiger partial charge >= 0.3 is 10.2 Å². The van der Waals surface area contributed by atoms with E-state index in [4.69, 9.17) is 11.6 Å². The summed E-state index contributed by atoms with van der Waals surface area (Å²) in [5.41, 5.74) is 2.05. The first-order valence-electron chi connectivity index (χ1n) is 11.7. The summed E-state index contributed by atoms with van der Waals surface area (Å²) in [5.74, 6) is -0.507. The number of rotatable bonds is 3. The molecule has 4 aliphatic carbocycles. The minimum atomic E-state index is -4.50. The molecule has 0 atom stereocenters. The molecule has 8 nitrogen and oxygen atoms in total. The lowest BCUT2D eigenvalue weighted by Crippen LogP contribution is -2.66. The Morgan fingerprint density at radius 2 is 1.74 bits per heavy atom. The van der Waals surface area contributed by atoms with Gasteiger partial charge in [0.05, 0.1) is 12.0 Å². The quantitative estimate of drug-likeness (QED) is 0.525. The molecular formula is C23H27BrClFN4O4S. The van der Waals surface area contributed by atoms with Crippen molar-refractivity contribution in [1.29, 1.82) is 0 Å². The van der Waals surface area contributed by atoms with Crippen molar-refractivity contribution in [3.63, 3.8) is 0 Å². The molecule has 4 saturated carbocycles. The highest BCUT2D eigenvalue weighted by Gasteiger charge is 2.57. The number of hydrazine groups is 2. The second kappa shape index (κ2) is 8.71. The van der Waals surface area contributed by atoms with Gasteiger partial charge in [0, 0.05) is 22.6 Å². The van der Waals surface area contributed by atoms with E-state index in [2.05, 4.69) is 21.4 Å². The van der Waals surface area contributed by atoms with Crippen LogP contribution in [0, 0.1) is 29.0 Å². The van der Waals surface area contributed by atoms with Crippen molar-refractivity contribution in [3.05, 3.63) is 39.2 Å². The van der Waals surface area contributed by atoms with Gasteiger partial charge in [0.15, 0.2) is 5.82 Å².